The van der Waals surface area contributed by atoms with E-state index < -0.39 is 5.60 Å². The monoisotopic (exact) mass is 413 g/mol. The maximum Gasteiger partial charge on any atom is 0.236 e. The van der Waals surface area contributed by atoms with Crippen LogP contribution in [0.1, 0.15) is 70.4 Å². The van der Waals surface area contributed by atoms with Crippen molar-refractivity contribution in [3.05, 3.63) is 29.8 Å². The molecule has 4 rings (SSSR count). The number of carbonyl (C=O) groups excluding carboxylic acids is 1. The SMILES string of the molecule is CCN(CC)c1ccc([C@H]2[C@H]3CCCC[C@@]3(O)CCN2CC(=O)N2CCCC2)cc1. The Morgan fingerprint density at radius 1 is 1.03 bits per heavy atom. The summed E-state index contributed by atoms with van der Waals surface area (Å²) in [5, 5.41) is 11.5. The van der Waals surface area contributed by atoms with Gasteiger partial charge in [0, 0.05) is 50.4 Å². The summed E-state index contributed by atoms with van der Waals surface area (Å²) >= 11 is 0. The van der Waals surface area contributed by atoms with E-state index in [0.29, 0.717) is 6.54 Å². The molecule has 3 fully saturated rings. The van der Waals surface area contributed by atoms with E-state index in [1.807, 2.05) is 4.90 Å². The Balaban J connectivity index is 1.60. The number of nitrogens with zero attached hydrogens (tertiary/aromatic N) is 3. The largest absolute Gasteiger partial charge is 0.389 e. The molecule has 1 amide bonds. The zero-order chi connectivity index (χ0) is 21.1. The molecule has 30 heavy (non-hydrogen) atoms. The minimum absolute atomic E-state index is 0.126. The zero-order valence-electron chi connectivity index (χ0n) is 18.9. The lowest BCUT2D eigenvalue weighted by Gasteiger charge is -2.52. The highest BCUT2D eigenvalue weighted by Crippen LogP contribution is 2.49. The fraction of sp³-hybridized carbons (Fsp3) is 0.720. The summed E-state index contributed by atoms with van der Waals surface area (Å²) in [6.07, 6.45) is 7.29. The van der Waals surface area contributed by atoms with Crippen LogP contribution in [0, 0.1) is 5.92 Å². The first kappa shape index (κ1) is 21.6. The molecule has 0 aromatic heterocycles. The van der Waals surface area contributed by atoms with Gasteiger partial charge in [-0.2, -0.15) is 0 Å². The molecule has 0 bridgehead atoms. The standard InChI is InChI=1S/C25H39N3O2/c1-3-26(4-2)21-12-10-20(11-13-21)24-22-9-5-6-14-25(22,30)15-18-28(24)19-23(29)27-16-7-8-17-27/h10-13,22,24,30H,3-9,14-19H2,1-2H3/t22-,24+,25-/m1/s1. The molecule has 2 aliphatic heterocycles. The van der Waals surface area contributed by atoms with Crippen LogP contribution in [-0.2, 0) is 4.79 Å². The van der Waals surface area contributed by atoms with E-state index >= 15 is 0 Å². The van der Waals surface area contributed by atoms with E-state index in [1.54, 1.807) is 0 Å². The van der Waals surface area contributed by atoms with Crippen molar-refractivity contribution >= 4 is 11.6 Å². The van der Waals surface area contributed by atoms with Gasteiger partial charge in [-0.05, 0) is 63.6 Å². The van der Waals surface area contributed by atoms with Gasteiger partial charge in [0.2, 0.25) is 5.91 Å². The van der Waals surface area contributed by atoms with Crippen LogP contribution in [0.25, 0.3) is 0 Å². The highest BCUT2D eigenvalue weighted by Gasteiger charge is 2.49. The van der Waals surface area contributed by atoms with Crippen molar-refractivity contribution < 1.29 is 9.90 Å². The fourth-order valence-corrected chi connectivity index (χ4v) is 6.07. The molecule has 2 heterocycles. The summed E-state index contributed by atoms with van der Waals surface area (Å²) in [5.41, 5.74) is 1.93. The minimum Gasteiger partial charge on any atom is -0.389 e. The van der Waals surface area contributed by atoms with Crippen molar-refractivity contribution in [1.29, 1.82) is 0 Å². The number of rotatable bonds is 6. The number of aliphatic hydroxyl groups is 1. The van der Waals surface area contributed by atoms with Gasteiger partial charge in [-0.1, -0.05) is 25.0 Å². The average Bonchev–Trinajstić information content (AvgIpc) is 3.30. The summed E-state index contributed by atoms with van der Waals surface area (Å²) < 4.78 is 0. The third-order valence-electron chi connectivity index (χ3n) is 7.83. The summed E-state index contributed by atoms with van der Waals surface area (Å²) in [6, 6.07) is 9.05. The lowest BCUT2D eigenvalue weighted by Crippen LogP contribution is -2.56. The summed E-state index contributed by atoms with van der Waals surface area (Å²) in [4.78, 5) is 19.7. The van der Waals surface area contributed by atoms with Gasteiger partial charge < -0.3 is 14.9 Å². The van der Waals surface area contributed by atoms with E-state index in [2.05, 4.69) is 47.9 Å². The first-order valence-electron chi connectivity index (χ1n) is 12.1. The molecule has 0 spiro atoms. The number of amides is 1. The Bertz CT molecular complexity index is 712. The Morgan fingerprint density at radius 3 is 2.40 bits per heavy atom. The number of anilines is 1. The molecule has 1 N–H and O–H groups in total. The van der Waals surface area contributed by atoms with Crippen LogP contribution in [0.2, 0.25) is 0 Å². The first-order chi connectivity index (χ1) is 14.6. The zero-order valence-corrected chi connectivity index (χ0v) is 18.9. The lowest BCUT2D eigenvalue weighted by molar-refractivity contribution is -0.144. The molecule has 2 saturated heterocycles. The second-order valence-electron chi connectivity index (χ2n) is 9.47. The van der Waals surface area contributed by atoms with Gasteiger partial charge in [-0.15, -0.1) is 0 Å². The molecular formula is C25H39N3O2. The molecule has 166 valence electrons. The van der Waals surface area contributed by atoms with Crippen LogP contribution >= 0.6 is 0 Å². The smallest absolute Gasteiger partial charge is 0.236 e. The Kier molecular flexibility index (Phi) is 6.69. The van der Waals surface area contributed by atoms with Crippen molar-refractivity contribution in [2.75, 3.05) is 44.2 Å². The van der Waals surface area contributed by atoms with Crippen LogP contribution in [0.3, 0.4) is 0 Å². The third kappa shape index (κ3) is 4.24. The maximum absolute atomic E-state index is 13.0. The van der Waals surface area contributed by atoms with Crippen LogP contribution in [0.5, 0.6) is 0 Å². The normalized spacial score (nSPS) is 29.6. The number of hydrogen-bond donors (Lipinski definition) is 1. The van der Waals surface area contributed by atoms with Gasteiger partial charge in [0.05, 0.1) is 12.1 Å². The predicted molar refractivity (Wildman–Crippen MR) is 122 cm³/mol. The summed E-state index contributed by atoms with van der Waals surface area (Å²) in [6.45, 7) is 9.46. The number of hydrogen-bond acceptors (Lipinski definition) is 4. The molecule has 1 aromatic carbocycles. The minimum atomic E-state index is -0.576. The van der Waals surface area contributed by atoms with Crippen LogP contribution in [-0.4, -0.2) is 65.7 Å². The molecule has 1 aliphatic carbocycles. The summed E-state index contributed by atoms with van der Waals surface area (Å²) in [7, 11) is 0. The second-order valence-corrected chi connectivity index (χ2v) is 9.47. The molecule has 0 radical (unpaired) electrons. The van der Waals surface area contributed by atoms with Crippen molar-refractivity contribution in [3.8, 4) is 0 Å². The molecule has 3 atom stereocenters. The van der Waals surface area contributed by atoms with E-state index in [4.69, 9.17) is 0 Å². The van der Waals surface area contributed by atoms with Crippen molar-refractivity contribution in [2.45, 2.75) is 70.4 Å². The molecule has 0 unspecified atom stereocenters. The Labute approximate surface area is 182 Å². The first-order valence-corrected chi connectivity index (χ1v) is 12.1. The summed E-state index contributed by atoms with van der Waals surface area (Å²) in [5.74, 6) is 0.476. The highest BCUT2D eigenvalue weighted by molar-refractivity contribution is 5.78. The molecule has 1 aromatic rings. The van der Waals surface area contributed by atoms with Gasteiger partial charge >= 0.3 is 0 Å². The molecule has 3 aliphatic rings. The van der Waals surface area contributed by atoms with Gasteiger partial charge in [0.15, 0.2) is 0 Å². The quantitative estimate of drug-likeness (QED) is 0.770. The third-order valence-corrected chi connectivity index (χ3v) is 7.83. The van der Waals surface area contributed by atoms with E-state index in [9.17, 15) is 9.90 Å². The number of carbonyl (C=O) groups is 1. The van der Waals surface area contributed by atoms with Crippen molar-refractivity contribution in [1.82, 2.24) is 9.80 Å². The highest BCUT2D eigenvalue weighted by atomic mass is 16.3. The van der Waals surface area contributed by atoms with Crippen molar-refractivity contribution in [3.63, 3.8) is 0 Å². The van der Waals surface area contributed by atoms with Gasteiger partial charge in [0.1, 0.15) is 0 Å². The number of fused-ring (bicyclic) bond motifs is 1. The van der Waals surface area contributed by atoms with E-state index in [0.717, 1.165) is 71.2 Å². The number of likely N-dealkylation sites (tertiary alicyclic amines) is 2. The van der Waals surface area contributed by atoms with Crippen LogP contribution in [0.15, 0.2) is 24.3 Å². The van der Waals surface area contributed by atoms with Crippen LogP contribution < -0.4 is 4.90 Å². The Hall–Kier alpha value is -1.59. The second kappa shape index (κ2) is 9.27. The van der Waals surface area contributed by atoms with E-state index in [-0.39, 0.29) is 17.9 Å². The average molecular weight is 414 g/mol. The van der Waals surface area contributed by atoms with Gasteiger partial charge in [0.25, 0.3) is 0 Å². The molecule has 1 saturated carbocycles. The van der Waals surface area contributed by atoms with Gasteiger partial charge in [-0.25, -0.2) is 0 Å². The fourth-order valence-electron chi connectivity index (χ4n) is 6.07. The molecule has 5 nitrogen and oxygen atoms in total. The topological polar surface area (TPSA) is 47.0 Å². The van der Waals surface area contributed by atoms with Gasteiger partial charge in [-0.3, -0.25) is 9.69 Å². The Morgan fingerprint density at radius 2 is 1.73 bits per heavy atom. The maximum atomic E-state index is 13.0. The van der Waals surface area contributed by atoms with Crippen LogP contribution in [0.4, 0.5) is 5.69 Å². The molecule has 5 heteroatoms. The molecular weight excluding hydrogens is 374 g/mol. The number of piperidine rings is 1. The lowest BCUT2D eigenvalue weighted by atomic mass is 9.66. The number of benzene rings is 1. The van der Waals surface area contributed by atoms with Crippen molar-refractivity contribution in [2.24, 2.45) is 5.92 Å². The predicted octanol–water partition coefficient (Wildman–Crippen LogP) is 3.82. The van der Waals surface area contributed by atoms with E-state index in [1.165, 1.54) is 17.7 Å².